The van der Waals surface area contributed by atoms with Gasteiger partial charge in [-0.05, 0) is 47.5 Å². The van der Waals surface area contributed by atoms with E-state index in [0.717, 1.165) is 11.1 Å². The van der Waals surface area contributed by atoms with Gasteiger partial charge in [-0.15, -0.1) is 0 Å². The molecule has 0 amide bonds. The lowest BCUT2D eigenvalue weighted by Gasteiger charge is -2.17. The van der Waals surface area contributed by atoms with Crippen molar-refractivity contribution in [2.75, 3.05) is 13.2 Å². The zero-order chi connectivity index (χ0) is 17.6. The molecule has 2 aromatic carbocycles. The van der Waals surface area contributed by atoms with Crippen molar-refractivity contribution in [1.82, 2.24) is 0 Å². The van der Waals surface area contributed by atoms with Crippen LogP contribution in [0, 0.1) is 22.7 Å². The van der Waals surface area contributed by atoms with E-state index in [1.165, 1.54) is 0 Å². The Morgan fingerprint density at radius 1 is 0.760 bits per heavy atom. The van der Waals surface area contributed by atoms with Crippen molar-refractivity contribution in [2.45, 2.75) is 0 Å². The van der Waals surface area contributed by atoms with Crippen molar-refractivity contribution in [3.63, 3.8) is 0 Å². The highest BCUT2D eigenvalue weighted by atomic mass is 16.5. The smallest absolute Gasteiger partial charge is 0.189 e. The molecule has 0 spiro atoms. The van der Waals surface area contributed by atoms with Gasteiger partial charge in [0.1, 0.15) is 0 Å². The van der Waals surface area contributed by atoms with Gasteiger partial charge in [-0.3, -0.25) is 4.79 Å². The monoisotopic (exact) mass is 326 g/mol. The van der Waals surface area contributed by atoms with Crippen LogP contribution in [0.2, 0.25) is 0 Å². The summed E-state index contributed by atoms with van der Waals surface area (Å²) in [4.78, 5) is 12.7. The molecule has 0 bridgehead atoms. The normalized spacial score (nSPS) is 17.3. The molecular weight excluding hydrogens is 312 g/mol. The molecule has 0 aromatic heterocycles. The third-order valence-electron chi connectivity index (χ3n) is 3.86. The van der Waals surface area contributed by atoms with Gasteiger partial charge in [0.05, 0.1) is 36.5 Å². The van der Waals surface area contributed by atoms with E-state index in [2.05, 4.69) is 12.1 Å². The molecule has 25 heavy (non-hydrogen) atoms. The van der Waals surface area contributed by atoms with Crippen molar-refractivity contribution in [3.8, 4) is 12.1 Å². The van der Waals surface area contributed by atoms with E-state index < -0.39 is 0 Å². The molecule has 0 atom stereocenters. The minimum absolute atomic E-state index is 0.0417. The summed E-state index contributed by atoms with van der Waals surface area (Å²) in [6.07, 6.45) is 3.57. The molecule has 0 aliphatic carbocycles. The Morgan fingerprint density at radius 3 is 1.52 bits per heavy atom. The Bertz CT molecular complexity index is 860. The lowest BCUT2D eigenvalue weighted by atomic mass is 9.97. The van der Waals surface area contributed by atoms with Crippen LogP contribution in [-0.2, 0) is 9.53 Å². The van der Waals surface area contributed by atoms with Gasteiger partial charge in [-0.1, -0.05) is 24.3 Å². The number of rotatable bonds is 2. The topological polar surface area (TPSA) is 73.9 Å². The maximum atomic E-state index is 12.7. The van der Waals surface area contributed by atoms with E-state index in [4.69, 9.17) is 15.3 Å². The Hall–Kier alpha value is -3.47. The van der Waals surface area contributed by atoms with Crippen molar-refractivity contribution < 1.29 is 9.53 Å². The molecule has 0 radical (unpaired) electrons. The quantitative estimate of drug-likeness (QED) is 0.792. The van der Waals surface area contributed by atoms with Crippen LogP contribution in [0.25, 0.3) is 12.2 Å². The lowest BCUT2D eigenvalue weighted by Crippen LogP contribution is -2.21. The fourth-order valence-corrected chi connectivity index (χ4v) is 2.53. The van der Waals surface area contributed by atoms with Crippen LogP contribution < -0.4 is 0 Å². The molecule has 4 nitrogen and oxygen atoms in total. The molecule has 0 N–H and O–H groups in total. The maximum absolute atomic E-state index is 12.7. The van der Waals surface area contributed by atoms with E-state index in [9.17, 15) is 4.79 Å². The minimum atomic E-state index is -0.0417. The molecule has 2 aromatic rings. The molecule has 4 heteroatoms. The Labute approximate surface area is 145 Å². The number of carbonyl (C=O) groups is 1. The van der Waals surface area contributed by atoms with Crippen LogP contribution >= 0.6 is 0 Å². The first-order valence-corrected chi connectivity index (χ1v) is 7.73. The lowest BCUT2D eigenvalue weighted by molar-refractivity contribution is -0.114. The van der Waals surface area contributed by atoms with Gasteiger partial charge in [0.2, 0.25) is 0 Å². The number of hydrogen-bond donors (Lipinski definition) is 0. The maximum Gasteiger partial charge on any atom is 0.189 e. The third-order valence-corrected chi connectivity index (χ3v) is 3.86. The Morgan fingerprint density at radius 2 is 1.16 bits per heavy atom. The number of nitriles is 2. The van der Waals surface area contributed by atoms with Crippen molar-refractivity contribution >= 4 is 17.9 Å². The molecule has 0 unspecified atom stereocenters. The number of carbonyl (C=O) groups excluding carboxylic acids is 1. The van der Waals surface area contributed by atoms with Crippen molar-refractivity contribution in [2.24, 2.45) is 0 Å². The Balaban J connectivity index is 1.84. The number of ketones is 1. The van der Waals surface area contributed by atoms with Gasteiger partial charge in [0.25, 0.3) is 0 Å². The van der Waals surface area contributed by atoms with E-state index in [-0.39, 0.29) is 19.0 Å². The molecule has 1 aliphatic rings. The summed E-state index contributed by atoms with van der Waals surface area (Å²) in [6, 6.07) is 18.2. The average Bonchev–Trinajstić information content (AvgIpc) is 2.66. The van der Waals surface area contributed by atoms with Crippen LogP contribution in [0.4, 0.5) is 0 Å². The summed E-state index contributed by atoms with van der Waals surface area (Å²) in [5.41, 5.74) is 4.02. The molecule has 120 valence electrons. The van der Waals surface area contributed by atoms with Gasteiger partial charge in [-0.2, -0.15) is 10.5 Å². The summed E-state index contributed by atoms with van der Waals surface area (Å²) in [5.74, 6) is -0.0417. The summed E-state index contributed by atoms with van der Waals surface area (Å²) < 4.78 is 5.54. The van der Waals surface area contributed by atoms with Gasteiger partial charge in [0.15, 0.2) is 5.78 Å². The second kappa shape index (κ2) is 7.40. The van der Waals surface area contributed by atoms with Crippen molar-refractivity contribution in [3.05, 3.63) is 81.9 Å². The Kier molecular flexibility index (Phi) is 4.85. The van der Waals surface area contributed by atoms with Crippen LogP contribution in [0.15, 0.2) is 59.7 Å². The molecule has 1 fully saturated rings. The average molecular weight is 326 g/mol. The second-order valence-electron chi connectivity index (χ2n) is 5.63. The number of benzene rings is 2. The summed E-state index contributed by atoms with van der Waals surface area (Å²) >= 11 is 0. The first kappa shape index (κ1) is 16.4. The van der Waals surface area contributed by atoms with Crippen LogP contribution in [-0.4, -0.2) is 19.0 Å². The van der Waals surface area contributed by atoms with E-state index in [1.54, 1.807) is 60.7 Å². The van der Waals surface area contributed by atoms with Gasteiger partial charge < -0.3 is 4.74 Å². The summed E-state index contributed by atoms with van der Waals surface area (Å²) in [7, 11) is 0. The zero-order valence-corrected chi connectivity index (χ0v) is 13.4. The zero-order valence-electron chi connectivity index (χ0n) is 13.4. The van der Waals surface area contributed by atoms with Crippen LogP contribution in [0.5, 0.6) is 0 Å². The molecule has 1 heterocycles. The van der Waals surface area contributed by atoms with Gasteiger partial charge in [-0.25, -0.2) is 0 Å². The largest absolute Gasteiger partial charge is 0.372 e. The number of Topliss-reactive ketones (excluding diaryl/α,β-unsaturated/α-hetero) is 1. The van der Waals surface area contributed by atoms with Gasteiger partial charge in [0, 0.05) is 11.1 Å². The highest BCUT2D eigenvalue weighted by Gasteiger charge is 2.21. The molecule has 0 saturated carbocycles. The van der Waals surface area contributed by atoms with Crippen molar-refractivity contribution in [1.29, 1.82) is 10.5 Å². The second-order valence-corrected chi connectivity index (χ2v) is 5.63. The van der Waals surface area contributed by atoms with Crippen LogP contribution in [0.1, 0.15) is 22.3 Å². The van der Waals surface area contributed by atoms with Crippen LogP contribution in [0.3, 0.4) is 0 Å². The third kappa shape index (κ3) is 3.90. The SMILES string of the molecule is N#Cc1ccc(/C=C2\COC/C(=C\c3ccc(C#N)cc3)C2=O)cc1. The van der Waals surface area contributed by atoms with Gasteiger partial charge >= 0.3 is 0 Å². The summed E-state index contributed by atoms with van der Waals surface area (Å²) in [6.45, 7) is 0.535. The molecule has 1 aliphatic heterocycles. The highest BCUT2D eigenvalue weighted by molar-refractivity contribution is 6.14. The highest BCUT2D eigenvalue weighted by Crippen LogP contribution is 2.20. The first-order valence-electron chi connectivity index (χ1n) is 7.73. The standard InChI is InChI=1S/C21H14N2O2/c22-11-17-5-1-15(2-6-17)9-19-13-25-14-20(21(19)24)10-16-3-7-18(12-23)8-4-16/h1-10H,13-14H2/b19-9+,20-10+. The minimum Gasteiger partial charge on any atom is -0.372 e. The van der Waals surface area contributed by atoms with E-state index >= 15 is 0 Å². The predicted octanol–water partition coefficient (Wildman–Crippen LogP) is 3.50. The molecule has 1 saturated heterocycles. The number of nitrogens with zero attached hydrogens (tertiary/aromatic N) is 2. The fraction of sp³-hybridized carbons (Fsp3) is 0.0952. The molecule has 3 rings (SSSR count). The molecular formula is C21H14N2O2. The summed E-state index contributed by atoms with van der Waals surface area (Å²) in [5, 5.41) is 17.7. The number of hydrogen-bond acceptors (Lipinski definition) is 4. The van der Waals surface area contributed by atoms with E-state index in [0.29, 0.717) is 22.3 Å². The predicted molar refractivity (Wildman–Crippen MR) is 94.1 cm³/mol. The van der Waals surface area contributed by atoms with E-state index in [1.807, 2.05) is 0 Å². The number of ether oxygens (including phenoxy) is 1. The first-order chi connectivity index (χ1) is 12.2. The fourth-order valence-electron chi connectivity index (χ4n) is 2.53.